The van der Waals surface area contributed by atoms with Gasteiger partial charge < -0.3 is 9.84 Å². The van der Waals surface area contributed by atoms with Crippen LogP contribution in [0.25, 0.3) is 0 Å². The molecule has 1 aliphatic rings. The molecule has 1 heterocycles. The zero-order chi connectivity index (χ0) is 14.8. The van der Waals surface area contributed by atoms with Gasteiger partial charge in [0.1, 0.15) is 5.76 Å². The van der Waals surface area contributed by atoms with Crippen LogP contribution < -0.4 is 5.32 Å². The van der Waals surface area contributed by atoms with Crippen LogP contribution >= 0.6 is 0 Å². The van der Waals surface area contributed by atoms with Gasteiger partial charge in [0.25, 0.3) is 0 Å². The van der Waals surface area contributed by atoms with Crippen LogP contribution in [0, 0.1) is 13.8 Å². The van der Waals surface area contributed by atoms with Gasteiger partial charge in [0.2, 0.25) is 5.91 Å². The van der Waals surface area contributed by atoms with Crippen molar-refractivity contribution in [1.82, 2.24) is 10.5 Å². The van der Waals surface area contributed by atoms with Gasteiger partial charge in [0.05, 0.1) is 11.7 Å². The van der Waals surface area contributed by atoms with E-state index in [2.05, 4.69) is 28.7 Å². The number of carbonyl (C=O) groups excluding carboxylic acids is 1. The zero-order valence-electron chi connectivity index (χ0n) is 12.5. The number of carbonyl (C=O) groups is 1. The monoisotopic (exact) mass is 284 g/mol. The minimum Gasteiger partial charge on any atom is -0.361 e. The van der Waals surface area contributed by atoms with Gasteiger partial charge in [-0.15, -0.1) is 0 Å². The van der Waals surface area contributed by atoms with Gasteiger partial charge >= 0.3 is 0 Å². The molecule has 3 rings (SSSR count). The molecule has 0 aliphatic heterocycles. The Hall–Kier alpha value is -2.10. The van der Waals surface area contributed by atoms with E-state index in [0.29, 0.717) is 12.8 Å². The molecule has 1 unspecified atom stereocenters. The molecule has 4 nitrogen and oxygen atoms in total. The quantitative estimate of drug-likeness (QED) is 0.939. The summed E-state index contributed by atoms with van der Waals surface area (Å²) < 4.78 is 5.13. The molecule has 21 heavy (non-hydrogen) atoms. The van der Waals surface area contributed by atoms with Gasteiger partial charge in [-0.25, -0.2) is 0 Å². The molecule has 0 bridgehead atoms. The minimum atomic E-state index is 0.0942. The summed E-state index contributed by atoms with van der Waals surface area (Å²) in [7, 11) is 0. The van der Waals surface area contributed by atoms with E-state index in [4.69, 9.17) is 4.52 Å². The first-order valence-corrected chi connectivity index (χ1v) is 7.44. The van der Waals surface area contributed by atoms with Crippen molar-refractivity contribution in [2.75, 3.05) is 0 Å². The molecular weight excluding hydrogens is 264 g/mol. The fourth-order valence-electron chi connectivity index (χ4n) is 3.07. The number of hydrogen-bond donors (Lipinski definition) is 1. The fourth-order valence-corrected chi connectivity index (χ4v) is 3.07. The Morgan fingerprint density at radius 3 is 2.95 bits per heavy atom. The molecule has 4 heteroatoms. The van der Waals surface area contributed by atoms with Crippen LogP contribution in [0.5, 0.6) is 0 Å². The van der Waals surface area contributed by atoms with Crippen molar-refractivity contribution in [2.45, 2.75) is 45.6 Å². The predicted octanol–water partition coefficient (Wildman–Crippen LogP) is 3.03. The second kappa shape index (κ2) is 5.72. The molecule has 1 amide bonds. The van der Waals surface area contributed by atoms with Crippen LogP contribution in [0.15, 0.2) is 28.8 Å². The number of amides is 1. The molecule has 1 atom stereocenters. The van der Waals surface area contributed by atoms with Gasteiger partial charge in [-0.05, 0) is 44.2 Å². The fraction of sp³-hybridized carbons (Fsp3) is 0.412. The van der Waals surface area contributed by atoms with E-state index < -0.39 is 0 Å². The first-order chi connectivity index (χ1) is 10.1. The van der Waals surface area contributed by atoms with Crippen LogP contribution in [0.4, 0.5) is 0 Å². The Kier molecular flexibility index (Phi) is 3.78. The van der Waals surface area contributed by atoms with E-state index in [1.54, 1.807) is 0 Å². The second-order valence-corrected chi connectivity index (χ2v) is 5.66. The van der Waals surface area contributed by atoms with Crippen LogP contribution in [-0.2, 0) is 17.6 Å². The average molecular weight is 284 g/mol. The maximum absolute atomic E-state index is 12.2. The molecule has 2 aromatic rings. The minimum absolute atomic E-state index is 0.0942. The summed E-state index contributed by atoms with van der Waals surface area (Å²) in [5.41, 5.74) is 4.56. The largest absolute Gasteiger partial charge is 0.361 e. The Balaban J connectivity index is 1.58. The molecule has 0 saturated heterocycles. The Morgan fingerprint density at radius 1 is 1.38 bits per heavy atom. The number of hydrogen-bond acceptors (Lipinski definition) is 3. The van der Waals surface area contributed by atoms with Crippen molar-refractivity contribution in [3.05, 3.63) is 52.4 Å². The summed E-state index contributed by atoms with van der Waals surface area (Å²) in [6.45, 7) is 3.80. The zero-order valence-corrected chi connectivity index (χ0v) is 12.5. The van der Waals surface area contributed by atoms with E-state index in [1.807, 2.05) is 19.9 Å². The Labute approximate surface area is 124 Å². The number of aryl methyl sites for hydroxylation is 3. The highest BCUT2D eigenvalue weighted by Crippen LogP contribution is 2.30. The van der Waals surface area contributed by atoms with Gasteiger partial charge in [0, 0.05) is 12.0 Å². The van der Waals surface area contributed by atoms with Crippen LogP contribution in [0.2, 0.25) is 0 Å². The van der Waals surface area contributed by atoms with Crippen molar-refractivity contribution in [2.24, 2.45) is 0 Å². The summed E-state index contributed by atoms with van der Waals surface area (Å²) in [5, 5.41) is 7.07. The number of nitrogens with one attached hydrogen (secondary N) is 1. The van der Waals surface area contributed by atoms with Crippen molar-refractivity contribution < 1.29 is 9.32 Å². The topological polar surface area (TPSA) is 55.1 Å². The molecule has 1 aromatic heterocycles. The maximum Gasteiger partial charge on any atom is 0.220 e. The first kappa shape index (κ1) is 13.9. The molecule has 0 radical (unpaired) electrons. The van der Waals surface area contributed by atoms with Crippen LogP contribution in [0.1, 0.15) is 47.0 Å². The number of benzene rings is 1. The Morgan fingerprint density at radius 2 is 2.19 bits per heavy atom. The molecule has 110 valence electrons. The van der Waals surface area contributed by atoms with E-state index in [0.717, 1.165) is 29.9 Å². The lowest BCUT2D eigenvalue weighted by Gasteiger charge is -2.14. The van der Waals surface area contributed by atoms with Gasteiger partial charge in [-0.3, -0.25) is 4.79 Å². The number of nitrogens with zero attached hydrogens (tertiary/aromatic N) is 1. The van der Waals surface area contributed by atoms with Gasteiger partial charge in [-0.1, -0.05) is 29.4 Å². The van der Waals surface area contributed by atoms with Gasteiger partial charge in [-0.2, -0.15) is 0 Å². The molecule has 1 N–H and O–H groups in total. The maximum atomic E-state index is 12.2. The molecule has 0 spiro atoms. The first-order valence-electron chi connectivity index (χ1n) is 7.44. The predicted molar refractivity (Wildman–Crippen MR) is 79.9 cm³/mol. The number of aromatic nitrogens is 1. The standard InChI is InChI=1S/C17H20N2O2/c1-11-14(12(2)21-19-11)8-10-17(20)18-16-9-7-13-5-3-4-6-15(13)16/h3-6,16H,7-10H2,1-2H3,(H,18,20). The average Bonchev–Trinajstić information content (AvgIpc) is 3.02. The summed E-state index contributed by atoms with van der Waals surface area (Å²) in [4.78, 5) is 12.2. The van der Waals surface area contributed by atoms with E-state index in [9.17, 15) is 4.79 Å². The van der Waals surface area contributed by atoms with Crippen LogP contribution in [-0.4, -0.2) is 11.1 Å². The molecule has 1 aliphatic carbocycles. The lowest BCUT2D eigenvalue weighted by atomic mass is 10.1. The Bertz CT molecular complexity index is 641. The highest BCUT2D eigenvalue weighted by atomic mass is 16.5. The van der Waals surface area contributed by atoms with Crippen LogP contribution in [0.3, 0.4) is 0 Å². The summed E-state index contributed by atoms with van der Waals surface area (Å²) in [6.07, 6.45) is 3.20. The van der Waals surface area contributed by atoms with E-state index in [-0.39, 0.29) is 11.9 Å². The summed E-state index contributed by atoms with van der Waals surface area (Å²) in [5.74, 6) is 0.906. The molecule has 0 fully saturated rings. The lowest BCUT2D eigenvalue weighted by molar-refractivity contribution is -0.121. The highest BCUT2D eigenvalue weighted by Gasteiger charge is 2.23. The highest BCUT2D eigenvalue weighted by molar-refractivity contribution is 5.77. The molecular formula is C17H20N2O2. The van der Waals surface area contributed by atoms with Crippen molar-refractivity contribution in [3.63, 3.8) is 0 Å². The lowest BCUT2D eigenvalue weighted by Crippen LogP contribution is -2.27. The number of rotatable bonds is 4. The third kappa shape index (κ3) is 2.84. The third-order valence-corrected chi connectivity index (χ3v) is 4.25. The molecule has 1 aromatic carbocycles. The van der Waals surface area contributed by atoms with Crippen molar-refractivity contribution in [1.29, 1.82) is 0 Å². The molecule has 0 saturated carbocycles. The van der Waals surface area contributed by atoms with Crippen molar-refractivity contribution in [3.8, 4) is 0 Å². The number of fused-ring (bicyclic) bond motifs is 1. The normalized spacial score (nSPS) is 16.8. The summed E-state index contributed by atoms with van der Waals surface area (Å²) >= 11 is 0. The third-order valence-electron chi connectivity index (χ3n) is 4.25. The van der Waals surface area contributed by atoms with E-state index in [1.165, 1.54) is 11.1 Å². The smallest absolute Gasteiger partial charge is 0.220 e. The van der Waals surface area contributed by atoms with E-state index >= 15 is 0 Å². The van der Waals surface area contributed by atoms with Crippen molar-refractivity contribution >= 4 is 5.91 Å². The van der Waals surface area contributed by atoms with Gasteiger partial charge in [0.15, 0.2) is 0 Å². The second-order valence-electron chi connectivity index (χ2n) is 5.66. The summed E-state index contributed by atoms with van der Waals surface area (Å²) in [6, 6.07) is 8.51. The SMILES string of the molecule is Cc1noc(C)c1CCC(=O)NC1CCc2ccccc21.